The highest BCUT2D eigenvalue weighted by Gasteiger charge is 2.24. The molecule has 5 rings (SSSR count). The number of hydrogen-bond donors (Lipinski definition) is 0. The van der Waals surface area contributed by atoms with Crippen LogP contribution in [-0.4, -0.2) is 13.2 Å². The van der Waals surface area contributed by atoms with E-state index >= 15 is 8.78 Å². The van der Waals surface area contributed by atoms with Gasteiger partial charge in [-0.3, -0.25) is 0 Å². The van der Waals surface area contributed by atoms with E-state index in [0.717, 1.165) is 53.7 Å². The van der Waals surface area contributed by atoms with Gasteiger partial charge in [0, 0.05) is 16.7 Å². The van der Waals surface area contributed by atoms with Crippen molar-refractivity contribution in [2.24, 2.45) is 11.8 Å². The number of ether oxygens (including phenoxy) is 2. The van der Waals surface area contributed by atoms with Crippen LogP contribution in [0.5, 0.6) is 11.5 Å². The SMILES string of the molecule is CCCCCC1CC[C](COc2ccc3c(sc4c(F)c(OCC5CCCC5)ccc43)c2F)CC1. The molecule has 2 nitrogen and oxygen atoms in total. The number of benzene rings is 2. The van der Waals surface area contributed by atoms with Gasteiger partial charge < -0.3 is 9.47 Å². The first-order chi connectivity index (χ1) is 17.1. The van der Waals surface area contributed by atoms with Gasteiger partial charge in [-0.1, -0.05) is 45.4 Å². The molecule has 189 valence electrons. The maximum atomic E-state index is 15.4. The third kappa shape index (κ3) is 5.60. The van der Waals surface area contributed by atoms with Gasteiger partial charge in [0.1, 0.15) is 0 Å². The van der Waals surface area contributed by atoms with Crippen LogP contribution < -0.4 is 9.47 Å². The Balaban J connectivity index is 1.24. The summed E-state index contributed by atoms with van der Waals surface area (Å²) in [5, 5.41) is 1.47. The van der Waals surface area contributed by atoms with E-state index in [1.807, 2.05) is 12.1 Å². The summed E-state index contributed by atoms with van der Waals surface area (Å²) in [7, 11) is 0. The minimum atomic E-state index is -0.384. The highest BCUT2D eigenvalue weighted by Crippen LogP contribution is 2.42. The quantitative estimate of drug-likeness (QED) is 0.259. The first-order valence-electron chi connectivity index (χ1n) is 13.6. The second kappa shape index (κ2) is 11.5. The summed E-state index contributed by atoms with van der Waals surface area (Å²) in [6.07, 6.45) is 14.7. The summed E-state index contributed by atoms with van der Waals surface area (Å²) >= 11 is 1.16. The lowest BCUT2D eigenvalue weighted by Gasteiger charge is -2.28. The highest BCUT2D eigenvalue weighted by molar-refractivity contribution is 7.25. The van der Waals surface area contributed by atoms with Gasteiger partial charge in [0.05, 0.1) is 22.6 Å². The average Bonchev–Trinajstić information content (AvgIpc) is 3.53. The Morgan fingerprint density at radius 1 is 0.800 bits per heavy atom. The van der Waals surface area contributed by atoms with E-state index in [1.165, 1.54) is 57.3 Å². The molecule has 0 atom stereocenters. The van der Waals surface area contributed by atoms with E-state index in [-0.39, 0.29) is 23.1 Å². The summed E-state index contributed by atoms with van der Waals surface area (Å²) in [6, 6.07) is 7.11. The number of rotatable bonds is 10. The van der Waals surface area contributed by atoms with Gasteiger partial charge in [-0.05, 0) is 74.6 Å². The number of unbranched alkanes of at least 4 members (excludes halogenated alkanes) is 2. The molecule has 2 aliphatic rings. The summed E-state index contributed by atoms with van der Waals surface area (Å²) in [6.45, 7) is 3.28. The van der Waals surface area contributed by atoms with E-state index in [1.54, 1.807) is 12.1 Å². The van der Waals surface area contributed by atoms with Crippen molar-refractivity contribution < 1.29 is 18.3 Å². The molecule has 2 fully saturated rings. The van der Waals surface area contributed by atoms with Crippen LogP contribution in [0, 0.1) is 29.4 Å². The van der Waals surface area contributed by atoms with E-state index in [4.69, 9.17) is 9.47 Å². The minimum absolute atomic E-state index is 0.264. The van der Waals surface area contributed by atoms with Crippen molar-refractivity contribution in [3.05, 3.63) is 41.8 Å². The molecule has 1 aromatic heterocycles. The molecule has 2 saturated carbocycles. The van der Waals surface area contributed by atoms with E-state index in [9.17, 15) is 0 Å². The normalized spacial score (nSPS) is 18.1. The van der Waals surface area contributed by atoms with Crippen molar-refractivity contribution in [1.29, 1.82) is 0 Å². The van der Waals surface area contributed by atoms with Gasteiger partial charge in [0.25, 0.3) is 0 Å². The number of hydrogen-bond acceptors (Lipinski definition) is 3. The fourth-order valence-corrected chi connectivity index (χ4v) is 6.95. The van der Waals surface area contributed by atoms with E-state index < -0.39 is 0 Å². The van der Waals surface area contributed by atoms with Crippen molar-refractivity contribution in [3.63, 3.8) is 0 Å². The van der Waals surface area contributed by atoms with Gasteiger partial charge in [-0.2, -0.15) is 0 Å². The van der Waals surface area contributed by atoms with E-state index in [0.29, 0.717) is 28.5 Å². The van der Waals surface area contributed by atoms with Crippen LogP contribution in [-0.2, 0) is 0 Å². The van der Waals surface area contributed by atoms with Crippen LogP contribution in [0.25, 0.3) is 20.2 Å². The average molecular weight is 500 g/mol. The summed E-state index contributed by atoms with van der Waals surface area (Å²) < 4.78 is 43.3. The summed E-state index contributed by atoms with van der Waals surface area (Å²) in [5.74, 6) is 2.50. The molecule has 1 heterocycles. The monoisotopic (exact) mass is 499 g/mol. The third-order valence-corrected chi connectivity index (χ3v) is 9.23. The standard InChI is InChI=1S/C30H37F2O2S/c1-2-3-4-7-20-10-12-22(13-11-20)19-34-26-17-15-24-23-14-16-25(33-18-21-8-5-6-9-21)27(31)29(23)35-30(24)28(26)32/h14-17,20-21H,2-13,18-19H2,1H3. The highest BCUT2D eigenvalue weighted by atomic mass is 32.1. The summed E-state index contributed by atoms with van der Waals surface area (Å²) in [5.41, 5.74) is 0. The second-order valence-electron chi connectivity index (χ2n) is 10.6. The zero-order chi connectivity index (χ0) is 24.2. The zero-order valence-electron chi connectivity index (χ0n) is 20.8. The lowest BCUT2D eigenvalue weighted by Crippen LogP contribution is -2.18. The van der Waals surface area contributed by atoms with Crippen molar-refractivity contribution in [1.82, 2.24) is 0 Å². The fourth-order valence-electron chi connectivity index (χ4n) is 5.79. The molecule has 1 radical (unpaired) electrons. The molecule has 35 heavy (non-hydrogen) atoms. The third-order valence-electron chi connectivity index (χ3n) is 8.03. The maximum Gasteiger partial charge on any atom is 0.182 e. The lowest BCUT2D eigenvalue weighted by atomic mass is 9.80. The number of thiophene rings is 1. The Labute approximate surface area is 212 Å². The Kier molecular flexibility index (Phi) is 8.11. The Morgan fingerprint density at radius 2 is 1.43 bits per heavy atom. The van der Waals surface area contributed by atoms with Crippen LogP contribution in [0.2, 0.25) is 0 Å². The van der Waals surface area contributed by atoms with Gasteiger partial charge in [-0.15, -0.1) is 11.3 Å². The molecule has 0 spiro atoms. The van der Waals surface area contributed by atoms with Crippen molar-refractivity contribution in [2.75, 3.05) is 13.2 Å². The van der Waals surface area contributed by atoms with Crippen LogP contribution in [0.1, 0.15) is 84.0 Å². The number of fused-ring (bicyclic) bond motifs is 3. The predicted octanol–water partition coefficient (Wildman–Crippen LogP) is 9.63. The van der Waals surface area contributed by atoms with Crippen LogP contribution in [0.4, 0.5) is 8.78 Å². The Bertz CT molecular complexity index is 1130. The molecule has 0 saturated heterocycles. The van der Waals surface area contributed by atoms with E-state index in [2.05, 4.69) is 6.92 Å². The van der Waals surface area contributed by atoms with Gasteiger partial charge in [0.2, 0.25) is 0 Å². The van der Waals surface area contributed by atoms with Crippen LogP contribution in [0.3, 0.4) is 0 Å². The first kappa shape index (κ1) is 24.8. The number of halogens is 2. The molecule has 5 heteroatoms. The fraction of sp³-hybridized carbons (Fsp3) is 0.567. The smallest absolute Gasteiger partial charge is 0.182 e. The second-order valence-corrected chi connectivity index (χ2v) is 11.6. The summed E-state index contributed by atoms with van der Waals surface area (Å²) in [4.78, 5) is 0. The molecule has 3 aromatic rings. The molecule has 0 amide bonds. The Hall–Kier alpha value is -1.88. The topological polar surface area (TPSA) is 18.5 Å². The van der Waals surface area contributed by atoms with Gasteiger partial charge in [-0.25, -0.2) is 8.78 Å². The van der Waals surface area contributed by atoms with Crippen molar-refractivity contribution in [2.45, 2.75) is 84.0 Å². The molecule has 0 N–H and O–H groups in total. The van der Waals surface area contributed by atoms with Gasteiger partial charge >= 0.3 is 0 Å². The lowest BCUT2D eigenvalue weighted by molar-refractivity contribution is 0.243. The van der Waals surface area contributed by atoms with Gasteiger partial charge in [0.15, 0.2) is 23.1 Å². The predicted molar refractivity (Wildman–Crippen MR) is 142 cm³/mol. The van der Waals surface area contributed by atoms with Crippen molar-refractivity contribution in [3.8, 4) is 11.5 Å². The molecule has 2 aliphatic carbocycles. The molecular weight excluding hydrogens is 462 g/mol. The van der Waals surface area contributed by atoms with Crippen LogP contribution >= 0.6 is 11.3 Å². The Morgan fingerprint density at radius 3 is 2.06 bits per heavy atom. The first-order valence-corrected chi connectivity index (χ1v) is 14.4. The molecule has 2 aromatic carbocycles. The minimum Gasteiger partial charge on any atom is -0.490 e. The van der Waals surface area contributed by atoms with Crippen molar-refractivity contribution >= 4 is 31.5 Å². The maximum absolute atomic E-state index is 15.4. The largest absolute Gasteiger partial charge is 0.490 e. The molecular formula is C30H37F2O2S. The molecule has 0 bridgehead atoms. The molecule has 0 unspecified atom stereocenters. The van der Waals surface area contributed by atoms with Crippen LogP contribution in [0.15, 0.2) is 24.3 Å². The molecule has 0 aliphatic heterocycles. The zero-order valence-corrected chi connectivity index (χ0v) is 21.7.